The second-order valence-corrected chi connectivity index (χ2v) is 7.31. The minimum absolute atomic E-state index is 0.0295. The molecule has 1 aliphatic heterocycles. The normalized spacial score (nSPS) is 12.7. The Hall–Kier alpha value is -3.68. The van der Waals surface area contributed by atoms with E-state index in [-0.39, 0.29) is 30.6 Å². The van der Waals surface area contributed by atoms with Gasteiger partial charge in [-0.1, -0.05) is 42.5 Å². The van der Waals surface area contributed by atoms with E-state index in [4.69, 9.17) is 4.74 Å². The van der Waals surface area contributed by atoms with E-state index in [1.54, 1.807) is 36.4 Å². The average Bonchev–Trinajstić information content (AvgIpc) is 3.14. The van der Waals surface area contributed by atoms with Crippen LogP contribution < -0.4 is 15.4 Å². The zero-order valence-electron chi connectivity index (χ0n) is 16.9. The highest BCUT2D eigenvalue weighted by atomic mass is 19.1. The molecular weight excluding hydrogens is 399 g/mol. The monoisotopic (exact) mass is 422 g/mol. The second-order valence-electron chi connectivity index (χ2n) is 7.31. The van der Waals surface area contributed by atoms with Crippen LogP contribution in [0.1, 0.15) is 34.6 Å². The lowest BCUT2D eigenvalue weighted by Crippen LogP contribution is -2.28. The van der Waals surface area contributed by atoms with E-state index in [2.05, 4.69) is 15.6 Å². The third-order valence-corrected chi connectivity index (χ3v) is 5.06. The SMILES string of the molecule is O=C(NCc1cccc(F)c1)Oc1c(NCC(=O)c2ccccc2)nc2n1CCCC2. The summed E-state index contributed by atoms with van der Waals surface area (Å²) >= 11 is 0. The molecule has 4 rings (SSSR count). The Morgan fingerprint density at radius 1 is 1.10 bits per heavy atom. The summed E-state index contributed by atoms with van der Waals surface area (Å²) in [4.78, 5) is 29.4. The summed E-state index contributed by atoms with van der Waals surface area (Å²) in [6, 6.07) is 14.9. The molecule has 0 saturated heterocycles. The maximum Gasteiger partial charge on any atom is 0.414 e. The molecule has 0 fully saturated rings. The van der Waals surface area contributed by atoms with Crippen molar-refractivity contribution in [1.29, 1.82) is 0 Å². The number of aryl methyl sites for hydroxylation is 1. The molecule has 2 N–H and O–H groups in total. The minimum atomic E-state index is -0.671. The standard InChI is InChI=1S/C23H23FN4O3/c24-18-10-6-7-16(13-18)14-26-23(30)31-22-21(27-20-11-4-5-12-28(20)22)25-15-19(29)17-8-2-1-3-9-17/h1-3,6-10,13,25H,4-5,11-12,14-15H2,(H,26,30). The third kappa shape index (κ3) is 5.09. The molecule has 0 radical (unpaired) electrons. The number of carbonyl (C=O) groups excluding carboxylic acids is 2. The number of benzene rings is 2. The Morgan fingerprint density at radius 2 is 1.94 bits per heavy atom. The first-order chi connectivity index (χ1) is 15.1. The molecular formula is C23H23FN4O3. The van der Waals surface area contributed by atoms with Gasteiger partial charge in [-0.2, -0.15) is 0 Å². The molecule has 0 spiro atoms. The Labute approximate surface area is 179 Å². The van der Waals surface area contributed by atoms with E-state index in [9.17, 15) is 14.0 Å². The van der Waals surface area contributed by atoms with Crippen LogP contribution in [0.15, 0.2) is 54.6 Å². The summed E-state index contributed by atoms with van der Waals surface area (Å²) < 4.78 is 20.7. The van der Waals surface area contributed by atoms with Crippen LogP contribution in [0, 0.1) is 5.82 Å². The summed E-state index contributed by atoms with van der Waals surface area (Å²) in [6.07, 6.45) is 2.06. The van der Waals surface area contributed by atoms with Gasteiger partial charge >= 0.3 is 6.09 Å². The van der Waals surface area contributed by atoms with Gasteiger partial charge in [0.1, 0.15) is 11.6 Å². The molecule has 0 unspecified atom stereocenters. The third-order valence-electron chi connectivity index (χ3n) is 5.06. The largest absolute Gasteiger partial charge is 0.414 e. The highest BCUT2D eigenvalue weighted by molar-refractivity contribution is 5.99. The molecule has 0 saturated carbocycles. The number of hydrogen-bond donors (Lipinski definition) is 2. The molecule has 8 heteroatoms. The lowest BCUT2D eigenvalue weighted by molar-refractivity contribution is 0.101. The van der Waals surface area contributed by atoms with Gasteiger partial charge in [0.2, 0.25) is 5.88 Å². The van der Waals surface area contributed by atoms with Crippen LogP contribution in [0.2, 0.25) is 0 Å². The van der Waals surface area contributed by atoms with Gasteiger partial charge in [0.05, 0.1) is 6.54 Å². The molecule has 1 aliphatic rings. The number of aromatic nitrogens is 2. The molecule has 0 aliphatic carbocycles. The van der Waals surface area contributed by atoms with Gasteiger partial charge in [-0.15, -0.1) is 0 Å². The minimum Gasteiger partial charge on any atom is -0.389 e. The summed E-state index contributed by atoms with van der Waals surface area (Å²) in [5, 5.41) is 5.64. The number of rotatable bonds is 7. The predicted molar refractivity (Wildman–Crippen MR) is 114 cm³/mol. The summed E-state index contributed by atoms with van der Waals surface area (Å²) in [5.74, 6) is 1.00. The second kappa shape index (κ2) is 9.42. The van der Waals surface area contributed by atoms with Gasteiger partial charge in [-0.25, -0.2) is 14.2 Å². The fraction of sp³-hybridized carbons (Fsp3) is 0.261. The fourth-order valence-electron chi connectivity index (χ4n) is 3.51. The van der Waals surface area contributed by atoms with Gasteiger partial charge in [-0.3, -0.25) is 9.36 Å². The van der Waals surface area contributed by atoms with Crippen LogP contribution in [0.5, 0.6) is 5.88 Å². The number of Topliss-reactive ketones (excluding diaryl/α,β-unsaturated/α-hetero) is 1. The van der Waals surface area contributed by atoms with Crippen LogP contribution in [-0.4, -0.2) is 28.0 Å². The van der Waals surface area contributed by atoms with Crippen molar-refractivity contribution in [2.24, 2.45) is 0 Å². The van der Waals surface area contributed by atoms with Crippen LogP contribution in [0.25, 0.3) is 0 Å². The number of anilines is 1. The van der Waals surface area contributed by atoms with Gasteiger partial charge < -0.3 is 15.4 Å². The lowest BCUT2D eigenvalue weighted by atomic mass is 10.1. The molecule has 7 nitrogen and oxygen atoms in total. The number of nitrogens with zero attached hydrogens (tertiary/aromatic N) is 2. The number of fused-ring (bicyclic) bond motifs is 1. The molecule has 1 amide bonds. The first kappa shape index (κ1) is 20.6. The fourth-order valence-corrected chi connectivity index (χ4v) is 3.51. The van der Waals surface area contributed by atoms with Gasteiger partial charge in [0.15, 0.2) is 11.6 Å². The van der Waals surface area contributed by atoms with E-state index >= 15 is 0 Å². The first-order valence-corrected chi connectivity index (χ1v) is 10.2. The number of ether oxygens (including phenoxy) is 1. The van der Waals surface area contributed by atoms with Crippen molar-refractivity contribution in [2.45, 2.75) is 32.4 Å². The Kier molecular flexibility index (Phi) is 6.26. The number of carbonyl (C=O) groups is 2. The molecule has 0 bridgehead atoms. The molecule has 2 heterocycles. The Morgan fingerprint density at radius 3 is 2.74 bits per heavy atom. The van der Waals surface area contributed by atoms with E-state index in [0.717, 1.165) is 25.1 Å². The van der Waals surface area contributed by atoms with Crippen molar-refractivity contribution < 1.29 is 18.7 Å². The topological polar surface area (TPSA) is 85.2 Å². The maximum atomic E-state index is 13.3. The quantitative estimate of drug-likeness (QED) is 0.564. The van der Waals surface area contributed by atoms with Crippen molar-refractivity contribution >= 4 is 17.7 Å². The molecule has 160 valence electrons. The summed E-state index contributed by atoms with van der Waals surface area (Å²) in [7, 11) is 0. The average molecular weight is 422 g/mol. The zero-order valence-corrected chi connectivity index (χ0v) is 16.9. The number of hydrogen-bond acceptors (Lipinski definition) is 5. The lowest BCUT2D eigenvalue weighted by Gasteiger charge is -2.16. The van der Waals surface area contributed by atoms with Gasteiger partial charge in [-0.05, 0) is 30.5 Å². The van der Waals surface area contributed by atoms with Crippen molar-refractivity contribution in [3.63, 3.8) is 0 Å². The highest BCUT2D eigenvalue weighted by Crippen LogP contribution is 2.30. The number of ketones is 1. The van der Waals surface area contributed by atoms with Crippen LogP contribution in [0.3, 0.4) is 0 Å². The van der Waals surface area contributed by atoms with Crippen molar-refractivity contribution in [1.82, 2.24) is 14.9 Å². The Bertz CT molecular complexity index is 1080. The molecule has 31 heavy (non-hydrogen) atoms. The van der Waals surface area contributed by atoms with Crippen molar-refractivity contribution in [3.05, 3.63) is 77.4 Å². The first-order valence-electron chi connectivity index (χ1n) is 10.2. The molecule has 1 aromatic heterocycles. The number of nitrogens with one attached hydrogen (secondary N) is 2. The maximum absolute atomic E-state index is 13.3. The Balaban J connectivity index is 1.45. The molecule has 0 atom stereocenters. The van der Waals surface area contributed by atoms with Crippen molar-refractivity contribution in [3.8, 4) is 5.88 Å². The van der Waals surface area contributed by atoms with Gasteiger partial charge in [0, 0.05) is 25.1 Å². The van der Waals surface area contributed by atoms with E-state index in [1.165, 1.54) is 12.1 Å². The summed E-state index contributed by atoms with van der Waals surface area (Å²) in [6.45, 7) is 0.845. The molecule has 3 aromatic rings. The number of halogens is 1. The predicted octanol–water partition coefficient (Wildman–Crippen LogP) is 3.94. The van der Waals surface area contributed by atoms with E-state index in [1.807, 2.05) is 10.6 Å². The van der Waals surface area contributed by atoms with Gasteiger partial charge in [0.25, 0.3) is 0 Å². The molecule has 2 aromatic carbocycles. The zero-order chi connectivity index (χ0) is 21.6. The number of amides is 1. The van der Waals surface area contributed by atoms with E-state index in [0.29, 0.717) is 23.5 Å². The van der Waals surface area contributed by atoms with E-state index < -0.39 is 6.09 Å². The van der Waals surface area contributed by atoms with Crippen LogP contribution in [-0.2, 0) is 19.5 Å². The summed E-state index contributed by atoms with van der Waals surface area (Å²) in [5.41, 5.74) is 1.22. The van der Waals surface area contributed by atoms with Crippen molar-refractivity contribution in [2.75, 3.05) is 11.9 Å². The smallest absolute Gasteiger partial charge is 0.389 e. The van der Waals surface area contributed by atoms with Crippen LogP contribution in [0.4, 0.5) is 15.0 Å². The highest BCUT2D eigenvalue weighted by Gasteiger charge is 2.23. The number of imidazole rings is 1. The van der Waals surface area contributed by atoms with Crippen LogP contribution >= 0.6 is 0 Å².